The van der Waals surface area contributed by atoms with Crippen LogP contribution >= 0.6 is 0 Å². The zero-order chi connectivity index (χ0) is 16.5. The first-order chi connectivity index (χ1) is 11.8. The number of fused-ring (bicyclic) bond motifs is 2. The summed E-state index contributed by atoms with van der Waals surface area (Å²) in [6.07, 6.45) is 5.87. The first kappa shape index (κ1) is 15.3. The Hall–Kier alpha value is -2.28. The summed E-state index contributed by atoms with van der Waals surface area (Å²) >= 11 is 0. The van der Waals surface area contributed by atoms with Gasteiger partial charge in [0.1, 0.15) is 0 Å². The monoisotopic (exact) mass is 315 g/mol. The molecule has 4 rings (SSSR count). The van der Waals surface area contributed by atoms with Crippen LogP contribution in [0.25, 0.3) is 11.6 Å². The van der Waals surface area contributed by atoms with Crippen LogP contribution in [0.3, 0.4) is 0 Å². The highest BCUT2D eigenvalue weighted by Gasteiger charge is 2.24. The number of hydrogen-bond donors (Lipinski definition) is 0. The summed E-state index contributed by atoms with van der Waals surface area (Å²) < 4.78 is 0. The molecule has 0 saturated heterocycles. The van der Waals surface area contributed by atoms with Gasteiger partial charge in [-0.25, -0.2) is 0 Å². The summed E-state index contributed by atoms with van der Waals surface area (Å²) in [5, 5.41) is 0. The molecule has 0 saturated carbocycles. The molecule has 0 aliphatic heterocycles. The van der Waals surface area contributed by atoms with Crippen molar-refractivity contribution in [2.45, 2.75) is 33.1 Å². The van der Waals surface area contributed by atoms with Gasteiger partial charge in [-0.3, -0.25) is 0 Å². The second-order valence-electron chi connectivity index (χ2n) is 6.72. The normalized spacial score (nSPS) is 15.8. The number of allylic oxidation sites excluding steroid dienone is 3. The fourth-order valence-corrected chi connectivity index (χ4v) is 4.13. The molecule has 2 aliphatic carbocycles. The highest BCUT2D eigenvalue weighted by atomic mass is 15.1. The molecule has 0 heterocycles. The minimum Gasteiger partial charge on any atom is -0.372 e. The van der Waals surface area contributed by atoms with E-state index >= 15 is 0 Å². The molecule has 0 amide bonds. The van der Waals surface area contributed by atoms with Crippen LogP contribution in [0, 0.1) is 0 Å². The lowest BCUT2D eigenvalue weighted by molar-refractivity contribution is 0.866. The van der Waals surface area contributed by atoms with Gasteiger partial charge in [0.2, 0.25) is 0 Å². The van der Waals surface area contributed by atoms with Crippen molar-refractivity contribution in [3.05, 3.63) is 76.4 Å². The highest BCUT2D eigenvalue weighted by molar-refractivity contribution is 5.82. The van der Waals surface area contributed by atoms with E-state index in [-0.39, 0.29) is 0 Å². The lowest BCUT2D eigenvalue weighted by Crippen LogP contribution is -2.21. The van der Waals surface area contributed by atoms with Crippen molar-refractivity contribution in [2.24, 2.45) is 0 Å². The maximum Gasteiger partial charge on any atom is 0.0366 e. The Morgan fingerprint density at radius 2 is 1.58 bits per heavy atom. The van der Waals surface area contributed by atoms with Gasteiger partial charge in [0, 0.05) is 18.8 Å². The number of rotatable bonds is 4. The molecule has 2 aliphatic rings. The lowest BCUT2D eigenvalue weighted by Gasteiger charge is -2.21. The van der Waals surface area contributed by atoms with E-state index in [0.717, 1.165) is 19.5 Å². The molecule has 1 heteroatoms. The lowest BCUT2D eigenvalue weighted by atomic mass is 9.87. The second-order valence-corrected chi connectivity index (χ2v) is 6.72. The molecule has 0 spiro atoms. The third kappa shape index (κ3) is 2.58. The molecule has 2 aromatic carbocycles. The fourth-order valence-electron chi connectivity index (χ4n) is 4.13. The first-order valence-corrected chi connectivity index (χ1v) is 9.16. The van der Waals surface area contributed by atoms with Crippen molar-refractivity contribution < 1.29 is 0 Å². The van der Waals surface area contributed by atoms with Gasteiger partial charge < -0.3 is 4.90 Å². The van der Waals surface area contributed by atoms with Crippen molar-refractivity contribution in [2.75, 3.05) is 18.0 Å². The largest absolute Gasteiger partial charge is 0.372 e. The van der Waals surface area contributed by atoms with Gasteiger partial charge in [-0.1, -0.05) is 42.5 Å². The first-order valence-electron chi connectivity index (χ1n) is 9.16. The summed E-state index contributed by atoms with van der Waals surface area (Å²) in [4.78, 5) is 2.40. The highest BCUT2D eigenvalue weighted by Crippen LogP contribution is 2.43. The van der Waals surface area contributed by atoms with E-state index < -0.39 is 0 Å². The Morgan fingerprint density at radius 1 is 0.833 bits per heavy atom. The van der Waals surface area contributed by atoms with E-state index in [1.54, 1.807) is 16.7 Å². The van der Waals surface area contributed by atoms with E-state index in [4.69, 9.17) is 0 Å². The molecule has 1 nitrogen and oxygen atoms in total. The summed E-state index contributed by atoms with van der Waals surface area (Å²) in [7, 11) is 0. The zero-order valence-electron chi connectivity index (χ0n) is 14.7. The summed E-state index contributed by atoms with van der Waals surface area (Å²) in [5.41, 5.74) is 10.3. The Labute approximate surface area is 145 Å². The van der Waals surface area contributed by atoms with E-state index in [1.807, 2.05) is 0 Å². The summed E-state index contributed by atoms with van der Waals surface area (Å²) in [6, 6.07) is 18.0. The molecule has 0 bridgehead atoms. The quantitative estimate of drug-likeness (QED) is 0.697. The number of anilines is 1. The number of benzene rings is 2. The molecule has 0 N–H and O–H groups in total. The number of nitrogens with zero attached hydrogens (tertiary/aromatic N) is 1. The van der Waals surface area contributed by atoms with Crippen LogP contribution in [0.15, 0.2) is 59.7 Å². The predicted molar refractivity (Wildman–Crippen MR) is 104 cm³/mol. The van der Waals surface area contributed by atoms with Crippen LogP contribution in [0.4, 0.5) is 5.69 Å². The van der Waals surface area contributed by atoms with Gasteiger partial charge >= 0.3 is 0 Å². The molecule has 0 aromatic heterocycles. The molecule has 0 radical (unpaired) electrons. The molecule has 0 fully saturated rings. The predicted octanol–water partition coefficient (Wildman–Crippen LogP) is 5.72. The molecule has 122 valence electrons. The third-order valence-electron chi connectivity index (χ3n) is 5.49. The molecular weight excluding hydrogens is 290 g/mol. The van der Waals surface area contributed by atoms with Crippen molar-refractivity contribution in [1.29, 1.82) is 0 Å². The average Bonchev–Trinajstić information content (AvgIpc) is 3.04. The number of hydrogen-bond acceptors (Lipinski definition) is 1. The van der Waals surface area contributed by atoms with Gasteiger partial charge in [0.05, 0.1) is 0 Å². The van der Waals surface area contributed by atoms with Crippen LogP contribution in [-0.2, 0) is 6.42 Å². The van der Waals surface area contributed by atoms with Crippen molar-refractivity contribution in [3.8, 4) is 0 Å². The van der Waals surface area contributed by atoms with Crippen LogP contribution in [0.1, 0.15) is 43.4 Å². The van der Waals surface area contributed by atoms with E-state index in [9.17, 15) is 0 Å². The maximum atomic E-state index is 2.41. The van der Waals surface area contributed by atoms with Crippen molar-refractivity contribution in [3.63, 3.8) is 0 Å². The van der Waals surface area contributed by atoms with Gasteiger partial charge in [-0.15, -0.1) is 0 Å². The van der Waals surface area contributed by atoms with E-state index in [0.29, 0.717) is 0 Å². The molecule has 2 aromatic rings. The Kier molecular flexibility index (Phi) is 4.02. The van der Waals surface area contributed by atoms with Crippen LogP contribution in [0.2, 0.25) is 0 Å². The van der Waals surface area contributed by atoms with Crippen LogP contribution < -0.4 is 4.90 Å². The van der Waals surface area contributed by atoms with Crippen molar-refractivity contribution in [1.82, 2.24) is 0 Å². The minimum atomic E-state index is 1.06. The van der Waals surface area contributed by atoms with Gasteiger partial charge in [-0.05, 0) is 78.7 Å². The van der Waals surface area contributed by atoms with Gasteiger partial charge in [-0.2, -0.15) is 0 Å². The van der Waals surface area contributed by atoms with E-state index in [1.165, 1.54) is 35.2 Å². The van der Waals surface area contributed by atoms with Gasteiger partial charge in [0.15, 0.2) is 0 Å². The van der Waals surface area contributed by atoms with Crippen LogP contribution in [-0.4, -0.2) is 13.1 Å². The summed E-state index contributed by atoms with van der Waals surface area (Å²) in [5.74, 6) is 0. The standard InChI is InChI=1S/C23H25N/c1-3-24(4-2)21-12-9-17(10-13-21)22-14-11-20-15-18-7-5-6-8-19(18)16-23(20)22/h5-10,12-13,15H,3-4,11,14,16H2,1-2H3. The fraction of sp³-hybridized carbons (Fsp3) is 0.304. The topological polar surface area (TPSA) is 3.24 Å². The Balaban J connectivity index is 1.68. The van der Waals surface area contributed by atoms with E-state index in [2.05, 4.69) is 73.4 Å². The minimum absolute atomic E-state index is 1.06. The summed E-state index contributed by atoms with van der Waals surface area (Å²) in [6.45, 7) is 6.56. The molecule has 0 atom stereocenters. The molecule has 0 unspecified atom stereocenters. The third-order valence-corrected chi connectivity index (χ3v) is 5.49. The second kappa shape index (κ2) is 6.32. The zero-order valence-corrected chi connectivity index (χ0v) is 14.7. The SMILES string of the molecule is CCN(CC)c1ccc(C2=C3Cc4ccccc4C=C3CC2)cc1. The Bertz CT molecular complexity index is 804. The average molecular weight is 315 g/mol. The molecule has 24 heavy (non-hydrogen) atoms. The maximum absolute atomic E-state index is 2.41. The Morgan fingerprint density at radius 3 is 2.33 bits per heavy atom. The molecular formula is C23H25N. The smallest absolute Gasteiger partial charge is 0.0366 e. The van der Waals surface area contributed by atoms with Crippen LogP contribution in [0.5, 0.6) is 0 Å². The van der Waals surface area contributed by atoms with Gasteiger partial charge in [0.25, 0.3) is 0 Å². The van der Waals surface area contributed by atoms with Crippen molar-refractivity contribution >= 4 is 17.3 Å².